The molecule has 0 bridgehead atoms. The summed E-state index contributed by atoms with van der Waals surface area (Å²) in [6.07, 6.45) is 3.09. The van der Waals surface area contributed by atoms with Gasteiger partial charge in [0.1, 0.15) is 6.10 Å². The number of ether oxygens (including phenoxy) is 2. The molecule has 0 saturated heterocycles. The second kappa shape index (κ2) is 17.2. The Labute approximate surface area is 209 Å². The molecule has 1 unspecified atom stereocenters. The molecule has 0 saturated carbocycles. The number of hydrogen-bond donors (Lipinski definition) is 0. The molecule has 200 valence electrons. The van der Waals surface area contributed by atoms with Gasteiger partial charge < -0.3 is 22.6 Å². The summed E-state index contributed by atoms with van der Waals surface area (Å²) in [5.41, 5.74) is 0.406. The molecular weight excluding hydrogens is 467 g/mol. The van der Waals surface area contributed by atoms with Crippen LogP contribution in [-0.4, -0.2) is 76.0 Å². The molecule has 9 heteroatoms. The van der Waals surface area contributed by atoms with Crippen molar-refractivity contribution < 1.29 is 22.5 Å². The van der Waals surface area contributed by atoms with Crippen LogP contribution in [-0.2, 0) is 22.5 Å². The first-order valence-electron chi connectivity index (χ1n) is 11.6. The lowest BCUT2D eigenvalue weighted by molar-refractivity contribution is -0.148. The Balaban J connectivity index is -0.00000450. The molecule has 0 rings (SSSR count). The van der Waals surface area contributed by atoms with Gasteiger partial charge in [-0.05, 0) is 78.8 Å². The lowest BCUT2D eigenvalue weighted by Crippen LogP contribution is -2.52. The fourth-order valence-corrected chi connectivity index (χ4v) is 17.9. The molecule has 0 aliphatic heterocycles. The van der Waals surface area contributed by atoms with E-state index < -0.39 is 25.2 Å². The van der Waals surface area contributed by atoms with Crippen LogP contribution in [0.15, 0.2) is 12.2 Å². The highest BCUT2D eigenvalue weighted by Crippen LogP contribution is 2.26. The van der Waals surface area contributed by atoms with Crippen molar-refractivity contribution in [2.45, 2.75) is 105 Å². The zero-order chi connectivity index (χ0) is 24.3. The van der Waals surface area contributed by atoms with E-state index in [1.54, 1.807) is 6.92 Å². The maximum absolute atomic E-state index is 11.8. The monoisotopic (exact) mass is 523 g/mol. The second-order valence-corrected chi connectivity index (χ2v) is 22.9. The van der Waals surface area contributed by atoms with Gasteiger partial charge in [-0.15, -0.1) is 0 Å². The third-order valence-electron chi connectivity index (χ3n) is 4.74. The van der Waals surface area contributed by atoms with E-state index in [2.05, 4.69) is 52.8 Å². The number of likely N-dealkylation sites (N-methyl/N-ethyl adjacent to an activating group) is 1. The smallest absolute Gasteiger partial charge is 0.333 e. The van der Waals surface area contributed by atoms with Crippen LogP contribution in [0.5, 0.6) is 0 Å². The van der Waals surface area contributed by atoms with Crippen molar-refractivity contribution in [1.82, 2.24) is 4.90 Å². The van der Waals surface area contributed by atoms with E-state index in [1.807, 2.05) is 19.0 Å². The Morgan fingerprint density at radius 1 is 0.939 bits per heavy atom. The van der Waals surface area contributed by atoms with Gasteiger partial charge in [0.2, 0.25) is 0 Å². The summed E-state index contributed by atoms with van der Waals surface area (Å²) >= 11 is 0. The first-order chi connectivity index (χ1) is 14.1. The Hall–Kier alpha value is -0.299. The third-order valence-corrected chi connectivity index (χ3v) is 16.2. The highest BCUT2D eigenvalue weighted by molar-refractivity contribution is 6.87. The molecule has 0 aromatic heterocycles. The summed E-state index contributed by atoms with van der Waals surface area (Å²) in [7, 11) is -1.75. The van der Waals surface area contributed by atoms with Crippen LogP contribution < -0.4 is 0 Å². The van der Waals surface area contributed by atoms with Gasteiger partial charge in [0.15, 0.2) is 16.6 Å². The molecule has 0 aliphatic rings. The standard InChI is InChI=1S/C22H49NO5Si3.2CH4/c1-12-13-16-29(6,7)27-31(10,11)28-30(8,9)17-14-15-25-19-21(18-23(4)5)26-22(24)20(2)3;;/h21H,2,12-19H2,1,3-11H3;2*1H4. The van der Waals surface area contributed by atoms with Crippen molar-refractivity contribution in [2.24, 2.45) is 0 Å². The number of carbonyl (C=O) groups is 1. The van der Waals surface area contributed by atoms with Crippen LogP contribution in [0.3, 0.4) is 0 Å². The minimum atomic E-state index is -2.15. The summed E-state index contributed by atoms with van der Waals surface area (Å²) < 4.78 is 24.6. The maximum atomic E-state index is 11.8. The predicted octanol–water partition coefficient (Wildman–Crippen LogP) is 6.66. The van der Waals surface area contributed by atoms with Gasteiger partial charge in [-0.3, -0.25) is 0 Å². The third kappa shape index (κ3) is 19.7. The molecular formula is C24H57NO5Si3. The van der Waals surface area contributed by atoms with Crippen molar-refractivity contribution in [2.75, 3.05) is 33.9 Å². The summed E-state index contributed by atoms with van der Waals surface area (Å²) in [5, 5.41) is 0. The van der Waals surface area contributed by atoms with Gasteiger partial charge in [-0.25, -0.2) is 4.79 Å². The van der Waals surface area contributed by atoms with E-state index >= 15 is 0 Å². The minimum absolute atomic E-state index is 0. The van der Waals surface area contributed by atoms with Crippen LogP contribution in [0, 0.1) is 0 Å². The summed E-state index contributed by atoms with van der Waals surface area (Å²) in [6, 6.07) is 2.22. The van der Waals surface area contributed by atoms with Crippen molar-refractivity contribution >= 4 is 31.2 Å². The molecule has 0 aliphatic carbocycles. The molecule has 6 nitrogen and oxygen atoms in total. The SMILES string of the molecule is C.C.C=C(C)C(=O)OC(COCCC[Si](C)(C)O[Si](C)(C)O[Si](C)(C)CCCC)CN(C)C. The predicted molar refractivity (Wildman–Crippen MR) is 151 cm³/mol. The zero-order valence-electron chi connectivity index (χ0n) is 21.9. The van der Waals surface area contributed by atoms with Gasteiger partial charge in [0.05, 0.1) is 6.61 Å². The van der Waals surface area contributed by atoms with Crippen LogP contribution in [0.25, 0.3) is 0 Å². The molecule has 0 aromatic rings. The van der Waals surface area contributed by atoms with Gasteiger partial charge in [0.25, 0.3) is 0 Å². The number of carbonyl (C=O) groups excluding carboxylic acids is 1. The average Bonchev–Trinajstić information content (AvgIpc) is 2.56. The summed E-state index contributed by atoms with van der Waals surface area (Å²) in [5.74, 6) is -0.366. The van der Waals surface area contributed by atoms with E-state index in [4.69, 9.17) is 17.7 Å². The van der Waals surface area contributed by atoms with Crippen molar-refractivity contribution in [3.8, 4) is 0 Å². The van der Waals surface area contributed by atoms with Crippen molar-refractivity contribution in [1.29, 1.82) is 0 Å². The number of hydrogen-bond acceptors (Lipinski definition) is 6. The lowest BCUT2D eigenvalue weighted by Gasteiger charge is -2.38. The van der Waals surface area contributed by atoms with Gasteiger partial charge in [0, 0.05) is 18.7 Å². The molecule has 0 heterocycles. The van der Waals surface area contributed by atoms with Crippen molar-refractivity contribution in [3.05, 3.63) is 12.2 Å². The Kier molecular flexibility index (Phi) is 19.4. The highest BCUT2D eigenvalue weighted by atomic mass is 28.5. The first-order valence-corrected chi connectivity index (χ1v) is 20.6. The van der Waals surface area contributed by atoms with E-state index in [-0.39, 0.29) is 26.9 Å². The van der Waals surface area contributed by atoms with Gasteiger partial charge in [-0.2, -0.15) is 0 Å². The van der Waals surface area contributed by atoms with Gasteiger partial charge in [-0.1, -0.05) is 41.2 Å². The Morgan fingerprint density at radius 3 is 1.85 bits per heavy atom. The molecule has 0 amide bonds. The quantitative estimate of drug-likeness (QED) is 0.0919. The highest BCUT2D eigenvalue weighted by Gasteiger charge is 2.39. The van der Waals surface area contributed by atoms with Crippen LogP contribution in [0.1, 0.15) is 48.0 Å². The van der Waals surface area contributed by atoms with E-state index in [9.17, 15) is 4.79 Å². The van der Waals surface area contributed by atoms with Crippen LogP contribution in [0.2, 0.25) is 51.4 Å². The Bertz CT molecular complexity index is 554. The maximum Gasteiger partial charge on any atom is 0.333 e. The summed E-state index contributed by atoms with van der Waals surface area (Å²) in [4.78, 5) is 13.8. The average molecular weight is 524 g/mol. The molecule has 33 heavy (non-hydrogen) atoms. The van der Waals surface area contributed by atoms with Gasteiger partial charge >= 0.3 is 14.5 Å². The van der Waals surface area contributed by atoms with E-state index in [0.717, 1.165) is 12.5 Å². The normalized spacial score (nSPS) is 13.2. The number of esters is 1. The first kappa shape index (κ1) is 37.3. The fourth-order valence-electron chi connectivity index (χ4n) is 3.65. The number of nitrogens with zero attached hydrogens (tertiary/aromatic N) is 1. The van der Waals surface area contributed by atoms with Crippen LogP contribution in [0.4, 0.5) is 0 Å². The topological polar surface area (TPSA) is 57.2 Å². The lowest BCUT2D eigenvalue weighted by atomic mass is 10.3. The number of rotatable bonds is 17. The number of unbranched alkanes of at least 4 members (excludes halogenated alkanes) is 1. The molecule has 1 atom stereocenters. The van der Waals surface area contributed by atoms with Crippen molar-refractivity contribution in [3.63, 3.8) is 0 Å². The van der Waals surface area contributed by atoms with E-state index in [1.165, 1.54) is 18.9 Å². The second-order valence-electron chi connectivity index (χ2n) is 10.5. The zero-order valence-corrected chi connectivity index (χ0v) is 24.9. The molecule has 0 fully saturated rings. The Morgan fingerprint density at radius 2 is 1.42 bits per heavy atom. The van der Waals surface area contributed by atoms with E-state index in [0.29, 0.717) is 25.3 Å². The largest absolute Gasteiger partial charge is 0.455 e. The minimum Gasteiger partial charge on any atom is -0.455 e. The fraction of sp³-hybridized carbons (Fsp3) is 0.875. The molecule has 0 radical (unpaired) electrons. The van der Waals surface area contributed by atoms with Crippen LogP contribution >= 0.6 is 0 Å². The summed E-state index contributed by atoms with van der Waals surface area (Å²) in [6.45, 7) is 22.7. The molecule has 0 spiro atoms. The molecule has 0 N–H and O–H groups in total. The molecule has 0 aromatic carbocycles.